The first-order chi connectivity index (χ1) is 13.0. The van der Waals surface area contributed by atoms with Crippen molar-refractivity contribution in [1.82, 2.24) is 9.97 Å². The second kappa shape index (κ2) is 8.45. The van der Waals surface area contributed by atoms with E-state index in [1.807, 2.05) is 44.2 Å². The number of hydrogen-bond acceptors (Lipinski definition) is 4. The van der Waals surface area contributed by atoms with Gasteiger partial charge in [-0.25, -0.2) is 9.97 Å². The van der Waals surface area contributed by atoms with Crippen LogP contribution < -0.4 is 10.6 Å². The summed E-state index contributed by atoms with van der Waals surface area (Å²) in [7, 11) is 0. The molecule has 3 rings (SSSR count). The molecular weight excluding hydrogens is 336 g/mol. The Hall–Kier alpha value is -3.21. The zero-order valence-electron chi connectivity index (χ0n) is 15.9. The van der Waals surface area contributed by atoms with E-state index in [0.717, 1.165) is 29.8 Å². The highest BCUT2D eigenvalue weighted by molar-refractivity contribution is 6.03. The summed E-state index contributed by atoms with van der Waals surface area (Å²) >= 11 is 0. The van der Waals surface area contributed by atoms with Crippen LogP contribution in [0.15, 0.2) is 54.6 Å². The smallest absolute Gasteiger partial charge is 0.274 e. The van der Waals surface area contributed by atoms with E-state index in [-0.39, 0.29) is 5.91 Å². The summed E-state index contributed by atoms with van der Waals surface area (Å²) in [4.78, 5) is 21.3. The zero-order chi connectivity index (χ0) is 19.2. The fourth-order valence-electron chi connectivity index (χ4n) is 3.00. The van der Waals surface area contributed by atoms with Crippen LogP contribution >= 0.6 is 0 Å². The van der Waals surface area contributed by atoms with Crippen molar-refractivity contribution in [2.24, 2.45) is 0 Å². The van der Waals surface area contributed by atoms with Crippen molar-refractivity contribution < 1.29 is 4.79 Å². The summed E-state index contributed by atoms with van der Waals surface area (Å²) in [5.41, 5.74) is 4.58. The number of nitrogens with one attached hydrogen (secondary N) is 2. The van der Waals surface area contributed by atoms with Gasteiger partial charge in [0.15, 0.2) is 0 Å². The van der Waals surface area contributed by atoms with Crippen LogP contribution in [0.3, 0.4) is 0 Å². The molecule has 0 spiro atoms. The number of carbonyl (C=O) groups is 1. The number of benzene rings is 2. The van der Waals surface area contributed by atoms with Crippen LogP contribution in [0.2, 0.25) is 0 Å². The average Bonchev–Trinajstić information content (AvgIpc) is 2.61. The van der Waals surface area contributed by atoms with Crippen LogP contribution in [0.1, 0.15) is 33.0 Å². The number of aromatic nitrogens is 2. The van der Waals surface area contributed by atoms with E-state index >= 15 is 0 Å². The first kappa shape index (κ1) is 18.6. The lowest BCUT2D eigenvalue weighted by Crippen LogP contribution is -2.16. The lowest BCUT2D eigenvalue weighted by atomic mass is 10.1. The Morgan fingerprint density at radius 2 is 1.63 bits per heavy atom. The van der Waals surface area contributed by atoms with Crippen LogP contribution in [-0.4, -0.2) is 22.4 Å². The quantitative estimate of drug-likeness (QED) is 0.687. The van der Waals surface area contributed by atoms with Crippen molar-refractivity contribution in [2.45, 2.75) is 27.2 Å². The van der Waals surface area contributed by atoms with E-state index in [2.05, 4.69) is 38.8 Å². The second-order valence-corrected chi connectivity index (χ2v) is 6.68. The lowest BCUT2D eigenvalue weighted by molar-refractivity contribution is 0.102. The van der Waals surface area contributed by atoms with Gasteiger partial charge in [0.25, 0.3) is 5.91 Å². The minimum Gasteiger partial charge on any atom is -0.370 e. The van der Waals surface area contributed by atoms with Crippen molar-refractivity contribution in [3.63, 3.8) is 0 Å². The zero-order valence-corrected chi connectivity index (χ0v) is 15.9. The molecule has 0 aliphatic carbocycles. The molecule has 27 heavy (non-hydrogen) atoms. The van der Waals surface area contributed by atoms with Gasteiger partial charge in [0.05, 0.1) is 0 Å². The van der Waals surface area contributed by atoms with E-state index in [1.165, 1.54) is 5.56 Å². The monoisotopic (exact) mass is 360 g/mol. The highest BCUT2D eigenvalue weighted by Crippen LogP contribution is 2.15. The van der Waals surface area contributed by atoms with Gasteiger partial charge in [0.1, 0.15) is 17.3 Å². The molecule has 2 aromatic carbocycles. The Morgan fingerprint density at radius 1 is 0.926 bits per heavy atom. The molecule has 0 atom stereocenters. The Morgan fingerprint density at radius 3 is 2.33 bits per heavy atom. The summed E-state index contributed by atoms with van der Waals surface area (Å²) in [6, 6.07) is 17.9. The SMILES string of the molecule is Cc1cc(C)cc(NC(=O)c2cc(NCCc3ccccc3)nc(C)n2)c1. The average molecular weight is 360 g/mol. The van der Waals surface area contributed by atoms with Gasteiger partial charge >= 0.3 is 0 Å². The fraction of sp³-hybridized carbons (Fsp3) is 0.227. The Labute approximate surface area is 159 Å². The van der Waals surface area contributed by atoms with Crippen molar-refractivity contribution >= 4 is 17.4 Å². The molecule has 0 saturated heterocycles. The van der Waals surface area contributed by atoms with Crippen LogP contribution in [0, 0.1) is 20.8 Å². The predicted molar refractivity (Wildman–Crippen MR) is 109 cm³/mol. The minimum absolute atomic E-state index is 0.239. The van der Waals surface area contributed by atoms with E-state index in [9.17, 15) is 4.79 Å². The molecule has 1 aromatic heterocycles. The number of nitrogens with zero attached hydrogens (tertiary/aromatic N) is 2. The maximum atomic E-state index is 12.6. The molecule has 5 nitrogen and oxygen atoms in total. The minimum atomic E-state index is -0.239. The highest BCUT2D eigenvalue weighted by atomic mass is 16.1. The van der Waals surface area contributed by atoms with E-state index in [1.54, 1.807) is 13.0 Å². The van der Waals surface area contributed by atoms with Gasteiger partial charge in [0.2, 0.25) is 0 Å². The van der Waals surface area contributed by atoms with Gasteiger partial charge in [-0.3, -0.25) is 4.79 Å². The summed E-state index contributed by atoms with van der Waals surface area (Å²) in [6.07, 6.45) is 0.883. The molecule has 0 aliphatic heterocycles. The Kier molecular flexibility index (Phi) is 5.81. The molecule has 1 amide bonds. The van der Waals surface area contributed by atoms with E-state index in [0.29, 0.717) is 17.3 Å². The van der Waals surface area contributed by atoms with Crippen molar-refractivity contribution in [1.29, 1.82) is 0 Å². The van der Waals surface area contributed by atoms with Gasteiger partial charge in [-0.2, -0.15) is 0 Å². The number of carbonyl (C=O) groups excluding carboxylic acids is 1. The van der Waals surface area contributed by atoms with Gasteiger partial charge in [-0.15, -0.1) is 0 Å². The van der Waals surface area contributed by atoms with Crippen LogP contribution in [0.5, 0.6) is 0 Å². The number of rotatable bonds is 6. The van der Waals surface area contributed by atoms with Crippen molar-refractivity contribution in [2.75, 3.05) is 17.2 Å². The maximum Gasteiger partial charge on any atom is 0.274 e. The normalized spacial score (nSPS) is 10.5. The maximum absolute atomic E-state index is 12.6. The Balaban J connectivity index is 1.67. The molecule has 0 bridgehead atoms. The third kappa shape index (κ3) is 5.38. The number of hydrogen-bond donors (Lipinski definition) is 2. The summed E-state index contributed by atoms with van der Waals surface area (Å²) < 4.78 is 0. The number of aryl methyl sites for hydroxylation is 3. The highest BCUT2D eigenvalue weighted by Gasteiger charge is 2.11. The first-order valence-corrected chi connectivity index (χ1v) is 9.03. The third-order valence-electron chi connectivity index (χ3n) is 4.11. The molecule has 3 aromatic rings. The standard InChI is InChI=1S/C22H24N4O/c1-15-11-16(2)13-19(12-15)26-22(27)20-14-21(25-17(3)24-20)23-10-9-18-7-5-4-6-8-18/h4-8,11-14H,9-10H2,1-3H3,(H,26,27)(H,23,24,25). The largest absolute Gasteiger partial charge is 0.370 e. The molecule has 2 N–H and O–H groups in total. The van der Waals surface area contributed by atoms with Gasteiger partial charge in [0, 0.05) is 18.3 Å². The number of amides is 1. The first-order valence-electron chi connectivity index (χ1n) is 9.03. The lowest BCUT2D eigenvalue weighted by Gasteiger charge is -2.10. The summed E-state index contributed by atoms with van der Waals surface area (Å²) in [5, 5.41) is 6.20. The molecule has 0 radical (unpaired) electrons. The molecule has 1 heterocycles. The van der Waals surface area contributed by atoms with E-state index in [4.69, 9.17) is 0 Å². The topological polar surface area (TPSA) is 66.9 Å². The Bertz CT molecular complexity index is 918. The molecule has 0 saturated carbocycles. The molecule has 138 valence electrons. The van der Waals surface area contributed by atoms with Crippen LogP contribution in [-0.2, 0) is 6.42 Å². The van der Waals surface area contributed by atoms with Crippen molar-refractivity contribution in [3.05, 3.63) is 82.8 Å². The van der Waals surface area contributed by atoms with Crippen molar-refractivity contribution in [3.8, 4) is 0 Å². The summed E-state index contributed by atoms with van der Waals surface area (Å²) in [5.74, 6) is 0.978. The molecule has 0 fully saturated rings. The number of anilines is 2. The molecular formula is C22H24N4O. The molecule has 5 heteroatoms. The van der Waals surface area contributed by atoms with Gasteiger partial charge < -0.3 is 10.6 Å². The van der Waals surface area contributed by atoms with E-state index < -0.39 is 0 Å². The summed E-state index contributed by atoms with van der Waals surface area (Å²) in [6.45, 7) is 6.53. The third-order valence-corrected chi connectivity index (χ3v) is 4.11. The molecule has 0 aliphatic rings. The fourth-order valence-corrected chi connectivity index (χ4v) is 3.00. The van der Waals surface area contributed by atoms with Crippen LogP contribution in [0.4, 0.5) is 11.5 Å². The second-order valence-electron chi connectivity index (χ2n) is 6.68. The van der Waals surface area contributed by atoms with Gasteiger partial charge in [-0.05, 0) is 56.0 Å². The van der Waals surface area contributed by atoms with Crippen LogP contribution in [0.25, 0.3) is 0 Å². The predicted octanol–water partition coefficient (Wildman–Crippen LogP) is 4.31. The molecule has 0 unspecified atom stereocenters. The van der Waals surface area contributed by atoms with Gasteiger partial charge in [-0.1, -0.05) is 36.4 Å².